The summed E-state index contributed by atoms with van der Waals surface area (Å²) >= 11 is 0. The molecule has 1 saturated heterocycles. The van der Waals surface area contributed by atoms with Gasteiger partial charge in [-0.05, 0) is 38.1 Å². The Morgan fingerprint density at radius 1 is 1.08 bits per heavy atom. The van der Waals surface area contributed by atoms with E-state index in [0.29, 0.717) is 44.2 Å². The largest absolute Gasteiger partial charge is 0.490 e. The second kappa shape index (κ2) is 8.72. The highest BCUT2D eigenvalue weighted by Gasteiger charge is 2.33. The molecule has 2 aromatic rings. The maximum Gasteiger partial charge on any atom is 0.257 e. The molecule has 1 heterocycles. The second-order valence-corrected chi connectivity index (χ2v) is 6.30. The van der Waals surface area contributed by atoms with Crippen LogP contribution in [-0.4, -0.2) is 49.8 Å². The number of likely N-dealkylation sites (tertiary alicyclic amines) is 1. The Hall–Kier alpha value is -2.53. The average molecular weight is 355 g/mol. The van der Waals surface area contributed by atoms with Gasteiger partial charge in [0, 0.05) is 6.61 Å². The Morgan fingerprint density at radius 2 is 1.81 bits per heavy atom. The summed E-state index contributed by atoms with van der Waals surface area (Å²) < 4.78 is 16.9. The number of aryl methyl sites for hydroxylation is 1. The molecular weight excluding hydrogens is 330 g/mol. The predicted octanol–water partition coefficient (Wildman–Crippen LogP) is 3.31. The lowest BCUT2D eigenvalue weighted by atomic mass is 10.1. The van der Waals surface area contributed by atoms with Gasteiger partial charge in [0.25, 0.3) is 5.91 Å². The number of carbonyl (C=O) groups excluding carboxylic acids is 1. The summed E-state index contributed by atoms with van der Waals surface area (Å²) in [7, 11) is 0. The van der Waals surface area contributed by atoms with Gasteiger partial charge in [0.15, 0.2) is 0 Å². The molecule has 0 bridgehead atoms. The van der Waals surface area contributed by atoms with Crippen LogP contribution in [0.5, 0.6) is 11.5 Å². The normalized spacial score (nSPS) is 14.0. The fraction of sp³-hybridized carbons (Fsp3) is 0.381. The second-order valence-electron chi connectivity index (χ2n) is 6.30. The van der Waals surface area contributed by atoms with Crippen LogP contribution in [0.2, 0.25) is 0 Å². The van der Waals surface area contributed by atoms with Crippen LogP contribution < -0.4 is 9.47 Å². The molecule has 1 fully saturated rings. The molecule has 0 spiro atoms. The number of hydrogen-bond donors (Lipinski definition) is 0. The smallest absolute Gasteiger partial charge is 0.257 e. The molecule has 26 heavy (non-hydrogen) atoms. The summed E-state index contributed by atoms with van der Waals surface area (Å²) in [5, 5.41) is 0. The molecule has 1 aliphatic heterocycles. The monoisotopic (exact) mass is 355 g/mol. The lowest BCUT2D eigenvalue weighted by molar-refractivity contribution is 0.0174. The first-order chi connectivity index (χ1) is 12.7. The molecule has 3 rings (SSSR count). The van der Waals surface area contributed by atoms with E-state index < -0.39 is 0 Å². The van der Waals surface area contributed by atoms with Crippen molar-refractivity contribution >= 4 is 5.91 Å². The number of amides is 1. The third kappa shape index (κ3) is 4.55. The van der Waals surface area contributed by atoms with Gasteiger partial charge in [-0.1, -0.05) is 29.8 Å². The van der Waals surface area contributed by atoms with Crippen molar-refractivity contribution < 1.29 is 19.0 Å². The molecule has 5 heteroatoms. The summed E-state index contributed by atoms with van der Waals surface area (Å²) in [6, 6.07) is 15.3. The van der Waals surface area contributed by atoms with Crippen LogP contribution >= 0.6 is 0 Å². The molecule has 1 amide bonds. The number of ether oxygens (including phenoxy) is 3. The molecule has 0 saturated carbocycles. The molecule has 138 valence electrons. The van der Waals surface area contributed by atoms with E-state index in [4.69, 9.17) is 14.2 Å². The zero-order valence-electron chi connectivity index (χ0n) is 15.3. The number of rotatable bonds is 8. The quantitative estimate of drug-likeness (QED) is 0.682. The van der Waals surface area contributed by atoms with E-state index in [1.807, 2.05) is 56.3 Å². The topological polar surface area (TPSA) is 48.0 Å². The number of carbonyl (C=O) groups is 1. The van der Waals surface area contributed by atoms with E-state index in [1.54, 1.807) is 11.0 Å². The van der Waals surface area contributed by atoms with Gasteiger partial charge in [0.2, 0.25) is 0 Å². The summed E-state index contributed by atoms with van der Waals surface area (Å²) in [5.74, 6) is 1.41. The third-order valence-electron chi connectivity index (χ3n) is 4.27. The summed E-state index contributed by atoms with van der Waals surface area (Å²) in [4.78, 5) is 14.5. The molecule has 2 aromatic carbocycles. The fourth-order valence-electron chi connectivity index (χ4n) is 2.78. The molecule has 0 N–H and O–H groups in total. The lowest BCUT2D eigenvalue weighted by Gasteiger charge is -2.39. The van der Waals surface area contributed by atoms with Crippen molar-refractivity contribution in [1.82, 2.24) is 4.90 Å². The highest BCUT2D eigenvalue weighted by Crippen LogP contribution is 2.24. The van der Waals surface area contributed by atoms with Crippen molar-refractivity contribution in [3.8, 4) is 11.5 Å². The average Bonchev–Trinajstić information content (AvgIpc) is 2.63. The van der Waals surface area contributed by atoms with Crippen LogP contribution in [0.15, 0.2) is 48.5 Å². The van der Waals surface area contributed by atoms with Gasteiger partial charge in [-0.15, -0.1) is 0 Å². The van der Waals surface area contributed by atoms with Crippen LogP contribution in [0, 0.1) is 6.92 Å². The molecule has 1 aliphatic rings. The number of hydrogen-bond acceptors (Lipinski definition) is 4. The summed E-state index contributed by atoms with van der Waals surface area (Å²) in [5.41, 5.74) is 1.78. The minimum atomic E-state index is -0.0271. The van der Waals surface area contributed by atoms with E-state index in [2.05, 4.69) is 0 Å². The number of para-hydroxylation sites is 1. The van der Waals surface area contributed by atoms with Gasteiger partial charge in [-0.3, -0.25) is 4.79 Å². The number of nitrogens with zero attached hydrogens (tertiary/aromatic N) is 1. The molecule has 0 unspecified atom stereocenters. The van der Waals surface area contributed by atoms with E-state index in [1.165, 1.54) is 5.56 Å². The van der Waals surface area contributed by atoms with E-state index in [0.717, 1.165) is 5.75 Å². The third-order valence-corrected chi connectivity index (χ3v) is 4.27. The number of benzene rings is 2. The Morgan fingerprint density at radius 3 is 2.54 bits per heavy atom. The van der Waals surface area contributed by atoms with Gasteiger partial charge >= 0.3 is 0 Å². The highest BCUT2D eigenvalue weighted by molar-refractivity contribution is 5.97. The zero-order chi connectivity index (χ0) is 18.4. The van der Waals surface area contributed by atoms with Crippen molar-refractivity contribution in [2.75, 3.05) is 32.9 Å². The van der Waals surface area contributed by atoms with E-state index in [-0.39, 0.29) is 12.0 Å². The van der Waals surface area contributed by atoms with Crippen LogP contribution in [0.4, 0.5) is 0 Å². The lowest BCUT2D eigenvalue weighted by Crippen LogP contribution is -2.56. The molecular formula is C21H25NO4. The molecule has 0 aliphatic carbocycles. The van der Waals surface area contributed by atoms with Crippen LogP contribution in [0.3, 0.4) is 0 Å². The van der Waals surface area contributed by atoms with Gasteiger partial charge in [-0.2, -0.15) is 0 Å². The van der Waals surface area contributed by atoms with Crippen LogP contribution in [-0.2, 0) is 4.74 Å². The Balaban J connectivity index is 1.53. The SMILES string of the molecule is CCOCCOc1ccccc1C(=O)N1CC(Oc2ccc(C)cc2)C1. The van der Waals surface area contributed by atoms with Crippen molar-refractivity contribution in [2.45, 2.75) is 20.0 Å². The summed E-state index contributed by atoms with van der Waals surface area (Å²) in [6.07, 6.45) is 0.0349. The van der Waals surface area contributed by atoms with Gasteiger partial charge < -0.3 is 19.1 Å². The molecule has 0 aromatic heterocycles. The van der Waals surface area contributed by atoms with E-state index >= 15 is 0 Å². The van der Waals surface area contributed by atoms with Crippen molar-refractivity contribution in [1.29, 1.82) is 0 Å². The minimum absolute atomic E-state index is 0.0271. The Labute approximate surface area is 154 Å². The summed E-state index contributed by atoms with van der Waals surface area (Å²) in [6.45, 7) is 6.74. The first kappa shape index (κ1) is 18.3. The van der Waals surface area contributed by atoms with Gasteiger partial charge in [-0.25, -0.2) is 0 Å². The maximum absolute atomic E-state index is 12.7. The first-order valence-corrected chi connectivity index (χ1v) is 8.99. The maximum atomic E-state index is 12.7. The van der Waals surface area contributed by atoms with Crippen LogP contribution in [0.25, 0.3) is 0 Å². The van der Waals surface area contributed by atoms with Crippen LogP contribution in [0.1, 0.15) is 22.8 Å². The molecule has 5 nitrogen and oxygen atoms in total. The standard InChI is InChI=1S/C21H25NO4/c1-3-24-12-13-25-20-7-5-4-6-19(20)21(23)22-14-18(15-22)26-17-10-8-16(2)9-11-17/h4-11,18H,3,12-15H2,1-2H3. The van der Waals surface area contributed by atoms with Crippen molar-refractivity contribution in [3.05, 3.63) is 59.7 Å². The van der Waals surface area contributed by atoms with Crippen molar-refractivity contribution in [2.24, 2.45) is 0 Å². The fourth-order valence-corrected chi connectivity index (χ4v) is 2.78. The van der Waals surface area contributed by atoms with Gasteiger partial charge in [0.05, 0.1) is 25.3 Å². The Kier molecular flexibility index (Phi) is 6.12. The molecule has 0 radical (unpaired) electrons. The highest BCUT2D eigenvalue weighted by atomic mass is 16.5. The first-order valence-electron chi connectivity index (χ1n) is 8.99. The van der Waals surface area contributed by atoms with Gasteiger partial charge in [0.1, 0.15) is 24.2 Å². The van der Waals surface area contributed by atoms with E-state index in [9.17, 15) is 4.79 Å². The predicted molar refractivity (Wildman–Crippen MR) is 99.9 cm³/mol. The minimum Gasteiger partial charge on any atom is -0.490 e. The Bertz CT molecular complexity index is 723. The van der Waals surface area contributed by atoms with Crippen molar-refractivity contribution in [3.63, 3.8) is 0 Å². The zero-order valence-corrected chi connectivity index (χ0v) is 15.3. The molecule has 0 atom stereocenters.